The molecule has 100 valence electrons. The van der Waals surface area contributed by atoms with Gasteiger partial charge in [0.05, 0.1) is 5.69 Å². The number of hydrogen-bond acceptors (Lipinski definition) is 2. The van der Waals surface area contributed by atoms with Crippen molar-refractivity contribution in [3.63, 3.8) is 0 Å². The summed E-state index contributed by atoms with van der Waals surface area (Å²) in [5, 5.41) is 4.61. The molecule has 1 amide bonds. The second-order valence-corrected chi connectivity index (χ2v) is 5.01. The van der Waals surface area contributed by atoms with E-state index in [4.69, 9.17) is 0 Å². The van der Waals surface area contributed by atoms with Crippen molar-refractivity contribution >= 4 is 11.7 Å². The maximum atomic E-state index is 12.0. The van der Waals surface area contributed by atoms with Gasteiger partial charge >= 0.3 is 0 Å². The van der Waals surface area contributed by atoms with Crippen molar-refractivity contribution in [1.29, 1.82) is 0 Å². The van der Waals surface area contributed by atoms with Crippen LogP contribution in [0.2, 0.25) is 0 Å². The molecule has 0 bridgehead atoms. The lowest BCUT2D eigenvalue weighted by molar-refractivity contribution is -0.121. The molecule has 2 heterocycles. The number of hydrogen-bond donors (Lipinski definition) is 0. The summed E-state index contributed by atoms with van der Waals surface area (Å²) in [4.78, 5) is 13.7. The Bertz CT molecular complexity index is 434. The molecule has 1 fully saturated rings. The molecule has 0 N–H and O–H groups in total. The Labute approximate surface area is 109 Å². The summed E-state index contributed by atoms with van der Waals surface area (Å²) in [6.07, 6.45) is 3.40. The minimum absolute atomic E-state index is 0.107. The fourth-order valence-electron chi connectivity index (χ4n) is 2.32. The van der Waals surface area contributed by atoms with Crippen molar-refractivity contribution in [1.82, 2.24) is 9.78 Å². The number of fused-ring (bicyclic) bond motifs is 1. The van der Waals surface area contributed by atoms with Gasteiger partial charge < -0.3 is 0 Å². The van der Waals surface area contributed by atoms with E-state index in [0.717, 1.165) is 18.8 Å². The average Bonchev–Trinajstić information content (AvgIpc) is 3.17. The zero-order valence-corrected chi connectivity index (χ0v) is 11.8. The van der Waals surface area contributed by atoms with Crippen molar-refractivity contribution < 1.29 is 4.79 Å². The van der Waals surface area contributed by atoms with Crippen LogP contribution >= 0.6 is 0 Å². The Morgan fingerprint density at radius 2 is 1.94 bits per heavy atom. The quantitative estimate of drug-likeness (QED) is 0.767. The molecule has 3 rings (SSSR count). The first-order valence-electron chi connectivity index (χ1n) is 7.02. The van der Waals surface area contributed by atoms with Crippen LogP contribution in [0.25, 0.3) is 0 Å². The van der Waals surface area contributed by atoms with Crippen molar-refractivity contribution in [2.45, 2.75) is 52.5 Å². The van der Waals surface area contributed by atoms with E-state index >= 15 is 0 Å². The number of amides is 1. The molecule has 1 aromatic heterocycles. The first kappa shape index (κ1) is 13.1. The molecular formula is C14H23N3O. The van der Waals surface area contributed by atoms with Crippen LogP contribution < -0.4 is 4.90 Å². The molecular weight excluding hydrogens is 226 g/mol. The fourth-order valence-corrected chi connectivity index (χ4v) is 2.32. The van der Waals surface area contributed by atoms with Crippen molar-refractivity contribution in [2.24, 2.45) is 5.92 Å². The van der Waals surface area contributed by atoms with E-state index in [-0.39, 0.29) is 11.8 Å². The molecule has 1 aromatic rings. The predicted molar refractivity (Wildman–Crippen MR) is 72.7 cm³/mol. The van der Waals surface area contributed by atoms with Crippen molar-refractivity contribution in [2.75, 3.05) is 11.9 Å². The summed E-state index contributed by atoms with van der Waals surface area (Å²) in [5.74, 6) is 1.94. The Kier molecular flexibility index (Phi) is 3.73. The lowest BCUT2D eigenvalue weighted by Crippen LogP contribution is -2.30. The van der Waals surface area contributed by atoms with Crippen LogP contribution in [0.1, 0.15) is 51.6 Å². The molecule has 1 unspecified atom stereocenters. The SMILES string of the molecule is CC.CC1CCn2nc(C3CC3)cc2N(C)C1=O. The van der Waals surface area contributed by atoms with E-state index in [0.29, 0.717) is 5.92 Å². The molecule has 1 aliphatic carbocycles. The van der Waals surface area contributed by atoms with Gasteiger partial charge in [-0.2, -0.15) is 5.10 Å². The molecule has 1 atom stereocenters. The van der Waals surface area contributed by atoms with Gasteiger partial charge in [0.1, 0.15) is 5.82 Å². The van der Waals surface area contributed by atoms with Gasteiger partial charge in [-0.15, -0.1) is 0 Å². The summed E-state index contributed by atoms with van der Waals surface area (Å²) in [6, 6.07) is 2.09. The largest absolute Gasteiger partial charge is 0.300 e. The third-order valence-electron chi connectivity index (χ3n) is 3.64. The molecule has 18 heavy (non-hydrogen) atoms. The molecule has 1 saturated carbocycles. The second-order valence-electron chi connectivity index (χ2n) is 5.01. The molecule has 0 aromatic carbocycles. The van der Waals surface area contributed by atoms with Gasteiger partial charge in [0, 0.05) is 31.5 Å². The van der Waals surface area contributed by atoms with Crippen LogP contribution in [-0.4, -0.2) is 22.7 Å². The second kappa shape index (κ2) is 5.12. The summed E-state index contributed by atoms with van der Waals surface area (Å²) >= 11 is 0. The fraction of sp³-hybridized carbons (Fsp3) is 0.714. The van der Waals surface area contributed by atoms with Gasteiger partial charge in [0.2, 0.25) is 5.91 Å². The number of carbonyl (C=O) groups excluding carboxylic acids is 1. The molecule has 4 nitrogen and oxygen atoms in total. The van der Waals surface area contributed by atoms with Crippen LogP contribution in [0.5, 0.6) is 0 Å². The van der Waals surface area contributed by atoms with Gasteiger partial charge in [-0.05, 0) is 19.3 Å². The summed E-state index contributed by atoms with van der Waals surface area (Å²) in [6.45, 7) is 6.85. The third-order valence-corrected chi connectivity index (χ3v) is 3.64. The molecule has 4 heteroatoms. The van der Waals surface area contributed by atoms with Crippen molar-refractivity contribution in [3.05, 3.63) is 11.8 Å². The van der Waals surface area contributed by atoms with E-state index in [9.17, 15) is 4.79 Å². The van der Waals surface area contributed by atoms with Crippen LogP contribution in [0, 0.1) is 5.92 Å². The standard InChI is InChI=1S/C12H17N3O.C2H6/c1-8-5-6-15-11(14(2)12(8)16)7-10(13-15)9-3-4-9;1-2/h7-9H,3-6H2,1-2H3;1-2H3. The van der Waals surface area contributed by atoms with Gasteiger partial charge in [-0.25, -0.2) is 4.68 Å². The number of carbonyl (C=O) groups is 1. The third kappa shape index (κ3) is 2.28. The van der Waals surface area contributed by atoms with E-state index < -0.39 is 0 Å². The maximum absolute atomic E-state index is 12.0. The van der Waals surface area contributed by atoms with Gasteiger partial charge in [-0.3, -0.25) is 9.69 Å². The summed E-state index contributed by atoms with van der Waals surface area (Å²) in [5.41, 5.74) is 1.17. The number of aromatic nitrogens is 2. The van der Waals surface area contributed by atoms with E-state index in [1.165, 1.54) is 18.5 Å². The van der Waals surface area contributed by atoms with Crippen LogP contribution in [0.3, 0.4) is 0 Å². The smallest absolute Gasteiger partial charge is 0.230 e. The van der Waals surface area contributed by atoms with E-state index in [1.54, 1.807) is 4.90 Å². The predicted octanol–water partition coefficient (Wildman–Crippen LogP) is 2.79. The first-order valence-corrected chi connectivity index (χ1v) is 7.02. The topological polar surface area (TPSA) is 38.1 Å². The maximum Gasteiger partial charge on any atom is 0.230 e. The number of aryl methyl sites for hydroxylation is 1. The zero-order valence-electron chi connectivity index (χ0n) is 11.8. The van der Waals surface area contributed by atoms with Gasteiger partial charge in [0.15, 0.2) is 0 Å². The van der Waals surface area contributed by atoms with Crippen LogP contribution in [0.15, 0.2) is 6.07 Å². The minimum Gasteiger partial charge on any atom is -0.300 e. The zero-order chi connectivity index (χ0) is 13.3. The average molecular weight is 249 g/mol. The highest BCUT2D eigenvalue weighted by Gasteiger charge is 2.31. The number of rotatable bonds is 1. The highest BCUT2D eigenvalue weighted by molar-refractivity contribution is 5.93. The van der Waals surface area contributed by atoms with Crippen LogP contribution in [0.4, 0.5) is 5.82 Å². The van der Waals surface area contributed by atoms with E-state index in [1.807, 2.05) is 32.5 Å². The first-order chi connectivity index (χ1) is 8.66. The summed E-state index contributed by atoms with van der Waals surface area (Å²) < 4.78 is 2.00. The molecule has 0 saturated heterocycles. The molecule has 0 spiro atoms. The highest BCUT2D eigenvalue weighted by Crippen LogP contribution is 2.40. The van der Waals surface area contributed by atoms with Crippen LogP contribution in [-0.2, 0) is 11.3 Å². The van der Waals surface area contributed by atoms with Crippen molar-refractivity contribution in [3.8, 4) is 0 Å². The minimum atomic E-state index is 0.107. The Morgan fingerprint density at radius 3 is 2.56 bits per heavy atom. The van der Waals surface area contributed by atoms with Gasteiger partial charge in [-0.1, -0.05) is 20.8 Å². The normalized spacial score (nSPS) is 23.0. The Hall–Kier alpha value is -1.32. The monoisotopic (exact) mass is 249 g/mol. The Morgan fingerprint density at radius 1 is 1.28 bits per heavy atom. The molecule has 2 aliphatic rings. The Balaban J connectivity index is 0.000000574. The van der Waals surface area contributed by atoms with Gasteiger partial charge in [0.25, 0.3) is 0 Å². The van der Waals surface area contributed by atoms with E-state index in [2.05, 4.69) is 11.2 Å². The summed E-state index contributed by atoms with van der Waals surface area (Å²) in [7, 11) is 1.86. The number of nitrogens with zero attached hydrogens (tertiary/aromatic N) is 3. The molecule has 0 radical (unpaired) electrons. The lowest BCUT2D eigenvalue weighted by Gasteiger charge is -2.16. The highest BCUT2D eigenvalue weighted by atomic mass is 16.2. The number of anilines is 1. The lowest BCUT2D eigenvalue weighted by atomic mass is 10.1. The molecule has 1 aliphatic heterocycles.